The molecule has 4 unspecified atom stereocenters. The Balaban J connectivity index is 0.00000364. The molecule has 0 heterocycles. The van der Waals surface area contributed by atoms with Gasteiger partial charge in [0.2, 0.25) is 0 Å². The fourth-order valence-electron chi connectivity index (χ4n) is 3.58. The molecule has 154 valence electrons. The molecule has 2 rings (SSSR count). The molecule has 1 aliphatic rings. The summed E-state index contributed by atoms with van der Waals surface area (Å²) < 4.78 is 12.1. The third-order valence-corrected chi connectivity index (χ3v) is 6.91. The second-order valence-electron chi connectivity index (χ2n) is 7.16. The number of hydrogen-bond donors (Lipinski definition) is 2. The molecule has 0 aromatic heterocycles. The van der Waals surface area contributed by atoms with Gasteiger partial charge in [-0.15, -0.1) is 24.0 Å². The van der Waals surface area contributed by atoms with Gasteiger partial charge in [-0.25, -0.2) is 0 Å². The van der Waals surface area contributed by atoms with E-state index in [2.05, 4.69) is 54.8 Å². The highest BCUT2D eigenvalue weighted by Crippen LogP contribution is 2.23. The van der Waals surface area contributed by atoms with E-state index in [1.807, 2.05) is 6.92 Å². The molecule has 27 heavy (non-hydrogen) atoms. The van der Waals surface area contributed by atoms with E-state index in [0.29, 0.717) is 17.2 Å². The predicted molar refractivity (Wildman–Crippen MR) is 129 cm³/mol. The molecule has 6 heteroatoms. The third kappa shape index (κ3) is 8.50. The Labute approximate surface area is 184 Å². The Kier molecular flexibility index (Phi) is 12.2. The number of benzene rings is 1. The van der Waals surface area contributed by atoms with Gasteiger partial charge in [0, 0.05) is 40.9 Å². The lowest BCUT2D eigenvalue weighted by molar-refractivity contribution is 0.413. The van der Waals surface area contributed by atoms with Crippen LogP contribution in [0.4, 0.5) is 0 Å². The summed E-state index contributed by atoms with van der Waals surface area (Å²) in [6.07, 6.45) is 5.42. The van der Waals surface area contributed by atoms with Gasteiger partial charge in [0.15, 0.2) is 5.96 Å². The summed E-state index contributed by atoms with van der Waals surface area (Å²) in [5.74, 6) is 2.18. The molecule has 0 aliphatic heterocycles. The highest BCUT2D eigenvalue weighted by molar-refractivity contribution is 14.0. The van der Waals surface area contributed by atoms with E-state index >= 15 is 0 Å². The fraction of sp³-hybridized carbons (Fsp3) is 0.667. The number of hydrogen-bond acceptors (Lipinski definition) is 2. The Morgan fingerprint density at radius 1 is 1.26 bits per heavy atom. The van der Waals surface area contributed by atoms with Gasteiger partial charge in [-0.05, 0) is 44.1 Å². The van der Waals surface area contributed by atoms with Crippen molar-refractivity contribution in [2.75, 3.05) is 18.8 Å². The number of guanidine groups is 1. The van der Waals surface area contributed by atoms with Crippen LogP contribution in [-0.4, -0.2) is 40.3 Å². The third-order valence-electron chi connectivity index (χ3n) is 5.17. The van der Waals surface area contributed by atoms with Crippen molar-refractivity contribution in [3.8, 4) is 0 Å². The van der Waals surface area contributed by atoms with Crippen LogP contribution in [0.25, 0.3) is 0 Å². The molecule has 4 nitrogen and oxygen atoms in total. The summed E-state index contributed by atoms with van der Waals surface area (Å²) in [6, 6.07) is 11.0. The van der Waals surface area contributed by atoms with Crippen LogP contribution in [0, 0.1) is 0 Å². The fourth-order valence-corrected chi connectivity index (χ4v) is 4.93. The van der Waals surface area contributed by atoms with E-state index in [0.717, 1.165) is 56.9 Å². The van der Waals surface area contributed by atoms with Crippen molar-refractivity contribution >= 4 is 40.7 Å². The molecular weight excluding hydrogens is 469 g/mol. The number of aliphatic imine (C=N–C) groups is 1. The molecule has 1 saturated carbocycles. The minimum absolute atomic E-state index is 0. The van der Waals surface area contributed by atoms with E-state index in [9.17, 15) is 4.21 Å². The molecule has 0 bridgehead atoms. The zero-order valence-electron chi connectivity index (χ0n) is 16.9. The lowest BCUT2D eigenvalue weighted by Crippen LogP contribution is -2.46. The van der Waals surface area contributed by atoms with Crippen molar-refractivity contribution in [1.29, 1.82) is 0 Å². The van der Waals surface area contributed by atoms with Gasteiger partial charge in [-0.2, -0.15) is 0 Å². The van der Waals surface area contributed by atoms with Crippen molar-refractivity contribution in [1.82, 2.24) is 10.6 Å². The molecule has 1 fully saturated rings. The monoisotopic (exact) mass is 505 g/mol. The van der Waals surface area contributed by atoms with Gasteiger partial charge in [0.05, 0.1) is 0 Å². The maximum absolute atomic E-state index is 12.1. The Morgan fingerprint density at radius 2 is 2.00 bits per heavy atom. The van der Waals surface area contributed by atoms with Crippen LogP contribution in [0.2, 0.25) is 0 Å². The quantitative estimate of drug-likeness (QED) is 0.312. The first-order valence-electron chi connectivity index (χ1n) is 10.1. The summed E-state index contributed by atoms with van der Waals surface area (Å²) in [7, 11) is -0.686. The molecule has 1 aromatic carbocycles. The van der Waals surface area contributed by atoms with Crippen molar-refractivity contribution in [3.63, 3.8) is 0 Å². The SMILES string of the molecule is CCNC(=NCCC(C)c1ccccc1)NC1CCCC(S(=O)CC)C1.I. The highest BCUT2D eigenvalue weighted by Gasteiger charge is 2.26. The summed E-state index contributed by atoms with van der Waals surface area (Å²) in [5, 5.41) is 7.29. The van der Waals surface area contributed by atoms with Crippen LogP contribution in [-0.2, 0) is 10.8 Å². The number of nitrogens with one attached hydrogen (secondary N) is 2. The summed E-state index contributed by atoms with van der Waals surface area (Å²) >= 11 is 0. The van der Waals surface area contributed by atoms with Gasteiger partial charge in [0.25, 0.3) is 0 Å². The minimum Gasteiger partial charge on any atom is -0.357 e. The highest BCUT2D eigenvalue weighted by atomic mass is 127. The molecule has 4 atom stereocenters. The minimum atomic E-state index is -0.686. The van der Waals surface area contributed by atoms with Gasteiger partial charge in [-0.1, -0.05) is 50.6 Å². The Morgan fingerprint density at radius 3 is 2.67 bits per heavy atom. The van der Waals surface area contributed by atoms with Crippen LogP contribution >= 0.6 is 24.0 Å². The summed E-state index contributed by atoms with van der Waals surface area (Å²) in [4.78, 5) is 4.78. The first kappa shape index (κ1) is 24.4. The lowest BCUT2D eigenvalue weighted by Gasteiger charge is -2.30. The molecular formula is C21H36IN3OS. The maximum Gasteiger partial charge on any atom is 0.191 e. The summed E-state index contributed by atoms with van der Waals surface area (Å²) in [5.41, 5.74) is 1.37. The van der Waals surface area contributed by atoms with Gasteiger partial charge >= 0.3 is 0 Å². The standard InChI is InChI=1S/C21H35N3OS.HI/c1-4-22-21(23-15-14-17(3)18-10-7-6-8-11-18)24-19-12-9-13-20(16-19)26(25)5-2;/h6-8,10-11,17,19-20H,4-5,9,12-16H2,1-3H3,(H2,22,23,24);1H. The molecule has 0 spiro atoms. The average molecular weight is 506 g/mol. The smallest absolute Gasteiger partial charge is 0.191 e. The van der Waals surface area contributed by atoms with E-state index in [1.165, 1.54) is 5.56 Å². The Bertz CT molecular complexity index is 582. The van der Waals surface area contributed by atoms with E-state index < -0.39 is 10.8 Å². The van der Waals surface area contributed by atoms with Gasteiger partial charge < -0.3 is 10.6 Å². The molecule has 0 radical (unpaired) electrons. The Hall–Kier alpha value is -0.630. The largest absolute Gasteiger partial charge is 0.357 e. The van der Waals surface area contributed by atoms with Crippen LogP contribution in [0.15, 0.2) is 35.3 Å². The van der Waals surface area contributed by atoms with Crippen molar-refractivity contribution < 1.29 is 4.21 Å². The van der Waals surface area contributed by atoms with Crippen molar-refractivity contribution in [2.45, 2.75) is 70.1 Å². The van der Waals surface area contributed by atoms with Crippen LogP contribution in [0.5, 0.6) is 0 Å². The van der Waals surface area contributed by atoms with Crippen molar-refractivity contribution in [2.24, 2.45) is 4.99 Å². The van der Waals surface area contributed by atoms with E-state index in [-0.39, 0.29) is 24.0 Å². The van der Waals surface area contributed by atoms with Gasteiger partial charge in [0.1, 0.15) is 0 Å². The zero-order valence-corrected chi connectivity index (χ0v) is 20.1. The number of nitrogens with zero attached hydrogens (tertiary/aromatic N) is 1. The van der Waals surface area contributed by atoms with E-state index in [4.69, 9.17) is 4.99 Å². The molecule has 0 saturated heterocycles. The average Bonchev–Trinajstić information content (AvgIpc) is 2.68. The number of halogens is 1. The van der Waals surface area contributed by atoms with Crippen LogP contribution in [0.3, 0.4) is 0 Å². The molecule has 2 N–H and O–H groups in total. The molecule has 1 aliphatic carbocycles. The lowest BCUT2D eigenvalue weighted by atomic mass is 9.95. The zero-order chi connectivity index (χ0) is 18.8. The molecule has 0 amide bonds. The second kappa shape index (κ2) is 13.5. The summed E-state index contributed by atoms with van der Waals surface area (Å²) in [6.45, 7) is 8.04. The van der Waals surface area contributed by atoms with Crippen molar-refractivity contribution in [3.05, 3.63) is 35.9 Å². The number of rotatable bonds is 8. The maximum atomic E-state index is 12.1. The van der Waals surface area contributed by atoms with Crippen LogP contribution < -0.4 is 10.6 Å². The second-order valence-corrected chi connectivity index (χ2v) is 9.17. The van der Waals surface area contributed by atoms with Crippen LogP contribution in [0.1, 0.15) is 64.4 Å². The predicted octanol–water partition coefficient (Wildman–Crippen LogP) is 4.43. The first-order chi connectivity index (χ1) is 12.6. The topological polar surface area (TPSA) is 53.5 Å². The van der Waals surface area contributed by atoms with Gasteiger partial charge in [-0.3, -0.25) is 9.20 Å². The normalized spacial score (nSPS) is 22.4. The first-order valence-corrected chi connectivity index (χ1v) is 11.5. The van der Waals surface area contributed by atoms with E-state index in [1.54, 1.807) is 0 Å². The molecule has 1 aromatic rings.